The van der Waals surface area contributed by atoms with Crippen LogP contribution < -0.4 is 5.32 Å². The van der Waals surface area contributed by atoms with Crippen LogP contribution in [-0.4, -0.2) is 43.0 Å². The van der Waals surface area contributed by atoms with Crippen molar-refractivity contribution in [3.8, 4) is 0 Å². The first-order valence-corrected chi connectivity index (χ1v) is 6.52. The van der Waals surface area contributed by atoms with Crippen LogP contribution in [-0.2, 0) is 0 Å². The summed E-state index contributed by atoms with van der Waals surface area (Å²) in [5, 5.41) is 3.34. The molecule has 0 spiro atoms. The molecule has 11 heavy (non-hydrogen) atoms. The van der Waals surface area contributed by atoms with Crippen molar-refractivity contribution in [2.45, 2.75) is 18.9 Å². The van der Waals surface area contributed by atoms with E-state index in [0.717, 1.165) is 6.04 Å². The fourth-order valence-electron chi connectivity index (χ4n) is 1.55. The highest BCUT2D eigenvalue weighted by molar-refractivity contribution is 8.13. The highest BCUT2D eigenvalue weighted by Gasteiger charge is 2.17. The Bertz CT molecular complexity index is 109. The Morgan fingerprint density at radius 2 is 1.82 bits per heavy atom. The summed E-state index contributed by atoms with van der Waals surface area (Å²) in [4.78, 5) is 0. The van der Waals surface area contributed by atoms with Crippen molar-refractivity contribution in [1.82, 2.24) is 9.62 Å². The Morgan fingerprint density at radius 1 is 1.27 bits per heavy atom. The zero-order chi connectivity index (χ0) is 8.27. The van der Waals surface area contributed by atoms with Gasteiger partial charge < -0.3 is 5.32 Å². The van der Waals surface area contributed by atoms with Crippen LogP contribution in [0.25, 0.3) is 0 Å². The van der Waals surface area contributed by atoms with E-state index in [1.165, 1.54) is 25.9 Å². The molecular weight excluding hydrogens is 156 g/mol. The lowest BCUT2D eigenvalue weighted by atomic mass is 10.1. The zero-order valence-corrected chi connectivity index (χ0v) is 8.69. The molecule has 1 aliphatic rings. The number of nitrogens with zero attached hydrogens (tertiary/aromatic N) is 1. The van der Waals surface area contributed by atoms with Gasteiger partial charge in [0.15, 0.2) is 0 Å². The van der Waals surface area contributed by atoms with E-state index in [1.54, 1.807) is 0 Å². The molecule has 0 radical (unpaired) electrons. The smallest absolute Gasteiger partial charge is 0.00890 e. The third-order valence-electron chi connectivity index (χ3n) is 2.45. The fourth-order valence-corrected chi connectivity index (χ4v) is 2.59. The first-order valence-electron chi connectivity index (χ1n) is 4.33. The minimum atomic E-state index is 0.163. The lowest BCUT2D eigenvalue weighted by Crippen LogP contribution is -2.39. The minimum absolute atomic E-state index is 0.163. The van der Waals surface area contributed by atoms with Gasteiger partial charge in [-0.25, -0.2) is 11.1 Å². The average Bonchev–Trinajstić information content (AvgIpc) is 2.05. The van der Waals surface area contributed by atoms with Crippen LogP contribution in [0, 0.1) is 0 Å². The van der Waals surface area contributed by atoms with Gasteiger partial charge in [-0.15, -0.1) is 0 Å². The van der Waals surface area contributed by atoms with Gasteiger partial charge in [-0.1, -0.05) is 0 Å². The number of rotatable bonds is 2. The lowest BCUT2D eigenvalue weighted by Gasteiger charge is -2.36. The van der Waals surface area contributed by atoms with Crippen molar-refractivity contribution in [2.75, 3.05) is 32.6 Å². The SMILES string of the molecule is CNC1CCN([SH](C)C)CC1. The zero-order valence-electron chi connectivity index (χ0n) is 7.80. The van der Waals surface area contributed by atoms with Crippen molar-refractivity contribution in [3.05, 3.63) is 0 Å². The molecule has 1 rings (SSSR count). The Balaban J connectivity index is 2.24. The average molecular weight is 176 g/mol. The van der Waals surface area contributed by atoms with Crippen LogP contribution in [0.1, 0.15) is 12.8 Å². The van der Waals surface area contributed by atoms with E-state index in [1.807, 2.05) is 0 Å². The van der Waals surface area contributed by atoms with Crippen molar-refractivity contribution in [2.24, 2.45) is 0 Å². The summed E-state index contributed by atoms with van der Waals surface area (Å²) in [6, 6.07) is 0.779. The van der Waals surface area contributed by atoms with Gasteiger partial charge in [0.05, 0.1) is 0 Å². The Morgan fingerprint density at radius 3 is 2.18 bits per heavy atom. The maximum atomic E-state index is 3.34. The molecule has 68 valence electrons. The third kappa shape index (κ3) is 2.65. The fraction of sp³-hybridized carbons (Fsp3) is 1.00. The minimum Gasteiger partial charge on any atom is -0.317 e. The molecule has 0 aromatic rings. The molecule has 3 heteroatoms. The summed E-state index contributed by atoms with van der Waals surface area (Å²) in [6.07, 6.45) is 7.35. The van der Waals surface area contributed by atoms with Gasteiger partial charge in [-0.05, 0) is 32.4 Å². The molecular formula is C8H20N2S. The normalized spacial score (nSPS) is 23.7. The maximum absolute atomic E-state index is 3.34. The molecule has 1 saturated heterocycles. The van der Waals surface area contributed by atoms with Gasteiger partial charge >= 0.3 is 0 Å². The molecule has 0 atom stereocenters. The number of nitrogens with one attached hydrogen (secondary N) is 1. The van der Waals surface area contributed by atoms with E-state index in [0.29, 0.717) is 0 Å². The molecule has 1 aliphatic heterocycles. The molecule has 1 fully saturated rings. The molecule has 1 heterocycles. The second-order valence-electron chi connectivity index (χ2n) is 3.36. The van der Waals surface area contributed by atoms with Gasteiger partial charge in [-0.3, -0.25) is 4.31 Å². The number of hydrogen-bond acceptors (Lipinski definition) is 2. The van der Waals surface area contributed by atoms with Crippen LogP contribution in [0.2, 0.25) is 0 Å². The first kappa shape index (κ1) is 9.36. The van der Waals surface area contributed by atoms with Crippen LogP contribution in [0.5, 0.6) is 0 Å². The van der Waals surface area contributed by atoms with Crippen molar-refractivity contribution in [3.63, 3.8) is 0 Å². The Hall–Kier alpha value is 0.270. The standard InChI is InChI=1S/C8H20N2S/c1-9-8-4-6-10(7-5-8)11(2)3/h8-9,11H,4-7H2,1-3H3. The molecule has 0 amide bonds. The van der Waals surface area contributed by atoms with Gasteiger partial charge in [-0.2, -0.15) is 0 Å². The summed E-state index contributed by atoms with van der Waals surface area (Å²) in [6.45, 7) is 2.59. The summed E-state index contributed by atoms with van der Waals surface area (Å²) in [5.41, 5.74) is 0. The van der Waals surface area contributed by atoms with Crippen LogP contribution >= 0.6 is 11.1 Å². The van der Waals surface area contributed by atoms with E-state index < -0.39 is 0 Å². The molecule has 0 aromatic carbocycles. The third-order valence-corrected chi connectivity index (χ3v) is 3.98. The largest absolute Gasteiger partial charge is 0.317 e. The summed E-state index contributed by atoms with van der Waals surface area (Å²) < 4.78 is 2.61. The highest BCUT2D eigenvalue weighted by atomic mass is 32.2. The molecule has 0 bridgehead atoms. The predicted molar refractivity (Wildman–Crippen MR) is 54.5 cm³/mol. The van der Waals surface area contributed by atoms with E-state index in [-0.39, 0.29) is 11.1 Å². The summed E-state index contributed by atoms with van der Waals surface area (Å²) >= 11 is 0.163. The molecule has 1 N–H and O–H groups in total. The topological polar surface area (TPSA) is 15.3 Å². The highest BCUT2D eigenvalue weighted by Crippen LogP contribution is 2.25. The van der Waals surface area contributed by atoms with Gasteiger partial charge in [0.2, 0.25) is 0 Å². The van der Waals surface area contributed by atoms with Crippen molar-refractivity contribution >= 4 is 11.1 Å². The maximum Gasteiger partial charge on any atom is 0.00890 e. The van der Waals surface area contributed by atoms with E-state index in [2.05, 4.69) is 29.2 Å². The number of piperidine rings is 1. The lowest BCUT2D eigenvalue weighted by molar-refractivity contribution is 0.317. The molecule has 0 aromatic heterocycles. The second kappa shape index (κ2) is 4.33. The van der Waals surface area contributed by atoms with E-state index in [4.69, 9.17) is 0 Å². The molecule has 2 nitrogen and oxygen atoms in total. The number of thiol groups is 1. The Labute approximate surface area is 72.8 Å². The monoisotopic (exact) mass is 176 g/mol. The van der Waals surface area contributed by atoms with Gasteiger partial charge in [0, 0.05) is 19.1 Å². The quantitative estimate of drug-likeness (QED) is 0.606. The molecule has 0 unspecified atom stereocenters. The summed E-state index contributed by atoms with van der Waals surface area (Å²) in [5.74, 6) is 0. The van der Waals surface area contributed by atoms with Crippen molar-refractivity contribution < 1.29 is 0 Å². The Kier molecular flexibility index (Phi) is 3.69. The first-order chi connectivity index (χ1) is 5.24. The van der Waals surface area contributed by atoms with E-state index in [9.17, 15) is 0 Å². The summed E-state index contributed by atoms with van der Waals surface area (Å²) in [7, 11) is 2.07. The van der Waals surface area contributed by atoms with Crippen LogP contribution in [0.15, 0.2) is 0 Å². The van der Waals surface area contributed by atoms with Crippen molar-refractivity contribution in [1.29, 1.82) is 0 Å². The predicted octanol–water partition coefficient (Wildman–Crippen LogP) is 0.846. The van der Waals surface area contributed by atoms with Gasteiger partial charge in [0.1, 0.15) is 0 Å². The second-order valence-corrected chi connectivity index (χ2v) is 5.62. The van der Waals surface area contributed by atoms with Crippen LogP contribution in [0.4, 0.5) is 0 Å². The van der Waals surface area contributed by atoms with Gasteiger partial charge in [0.25, 0.3) is 0 Å². The van der Waals surface area contributed by atoms with Crippen LogP contribution in [0.3, 0.4) is 0 Å². The molecule has 0 saturated carbocycles. The molecule has 0 aliphatic carbocycles. The van der Waals surface area contributed by atoms with E-state index >= 15 is 0 Å². The number of hydrogen-bond donors (Lipinski definition) is 2.